The highest BCUT2D eigenvalue weighted by molar-refractivity contribution is 5.93. The van der Waals surface area contributed by atoms with Crippen molar-refractivity contribution in [2.45, 2.75) is 6.42 Å². The SMILES string of the molecule is O=C(NO)c1ccc(/C=C(/CCOc2cccc3ccccc23)CNc2ccc(-c3ccccc3)cc2)cc1. The Bertz CT molecular complexity index is 1560. The topological polar surface area (TPSA) is 70.6 Å². The molecule has 0 radical (unpaired) electrons. The van der Waals surface area contributed by atoms with Gasteiger partial charge in [-0.2, -0.15) is 0 Å². The highest BCUT2D eigenvalue weighted by Crippen LogP contribution is 2.26. The lowest BCUT2D eigenvalue weighted by Crippen LogP contribution is -2.18. The van der Waals surface area contributed by atoms with E-state index in [0.717, 1.165) is 39.8 Å². The first-order valence-corrected chi connectivity index (χ1v) is 12.9. The summed E-state index contributed by atoms with van der Waals surface area (Å²) in [7, 11) is 0. The van der Waals surface area contributed by atoms with E-state index in [1.165, 1.54) is 11.1 Å². The molecule has 0 unspecified atom stereocenters. The quantitative estimate of drug-likeness (QED) is 0.133. The monoisotopic (exact) mass is 514 g/mol. The van der Waals surface area contributed by atoms with Crippen molar-refractivity contribution in [2.24, 2.45) is 0 Å². The van der Waals surface area contributed by atoms with E-state index >= 15 is 0 Å². The van der Waals surface area contributed by atoms with Gasteiger partial charge in [-0.1, -0.05) is 97.1 Å². The first-order valence-electron chi connectivity index (χ1n) is 12.9. The molecule has 5 rings (SSSR count). The maximum atomic E-state index is 11.7. The first-order chi connectivity index (χ1) is 19.2. The Kier molecular flexibility index (Phi) is 8.31. The summed E-state index contributed by atoms with van der Waals surface area (Å²) in [6, 6.07) is 40.2. The number of rotatable bonds is 10. The van der Waals surface area contributed by atoms with Crippen molar-refractivity contribution in [1.29, 1.82) is 0 Å². The van der Waals surface area contributed by atoms with Gasteiger partial charge in [0.05, 0.1) is 6.61 Å². The van der Waals surface area contributed by atoms with Crippen LogP contribution in [0, 0.1) is 0 Å². The second-order valence-electron chi connectivity index (χ2n) is 9.24. The van der Waals surface area contributed by atoms with Crippen LogP contribution in [0.1, 0.15) is 22.3 Å². The van der Waals surface area contributed by atoms with Crippen molar-refractivity contribution < 1.29 is 14.7 Å². The molecular formula is C34H30N2O3. The number of carbonyl (C=O) groups is 1. The number of fused-ring (bicyclic) bond motifs is 1. The van der Waals surface area contributed by atoms with Gasteiger partial charge >= 0.3 is 0 Å². The standard InChI is InChI=1S/C34H30N2O3/c37-34(36-38)30-15-13-25(14-16-30)23-26(21-22-39-33-12-6-10-29-9-4-5-11-32(29)33)24-35-31-19-17-28(18-20-31)27-7-2-1-3-8-27/h1-20,23,35,38H,21-22,24H2,(H,36,37)/b26-23-. The Morgan fingerprint density at radius 1 is 0.744 bits per heavy atom. The molecule has 1 amide bonds. The normalized spacial score (nSPS) is 11.3. The molecule has 0 atom stereocenters. The third-order valence-corrected chi connectivity index (χ3v) is 6.59. The molecule has 5 heteroatoms. The largest absolute Gasteiger partial charge is 0.493 e. The van der Waals surface area contributed by atoms with E-state index in [4.69, 9.17) is 9.94 Å². The zero-order valence-electron chi connectivity index (χ0n) is 21.5. The minimum atomic E-state index is -0.533. The van der Waals surface area contributed by atoms with Gasteiger partial charge in [0.2, 0.25) is 0 Å². The van der Waals surface area contributed by atoms with Crippen LogP contribution in [0.2, 0.25) is 0 Å². The lowest BCUT2D eigenvalue weighted by atomic mass is 10.0. The molecule has 0 saturated heterocycles. The van der Waals surface area contributed by atoms with Crippen LogP contribution >= 0.6 is 0 Å². The molecule has 194 valence electrons. The Morgan fingerprint density at radius 2 is 1.44 bits per heavy atom. The average molecular weight is 515 g/mol. The summed E-state index contributed by atoms with van der Waals surface area (Å²) in [5.41, 5.74) is 7.58. The van der Waals surface area contributed by atoms with Crippen LogP contribution < -0.4 is 15.5 Å². The summed E-state index contributed by atoms with van der Waals surface area (Å²) in [6.07, 6.45) is 2.83. The molecule has 5 nitrogen and oxygen atoms in total. The van der Waals surface area contributed by atoms with Gasteiger partial charge in [0.15, 0.2) is 0 Å². The molecule has 0 fully saturated rings. The predicted molar refractivity (Wildman–Crippen MR) is 158 cm³/mol. The number of hydroxylamine groups is 1. The van der Waals surface area contributed by atoms with Crippen molar-refractivity contribution in [3.63, 3.8) is 0 Å². The maximum absolute atomic E-state index is 11.7. The molecule has 0 aliphatic carbocycles. The van der Waals surface area contributed by atoms with Crippen LogP contribution in [0.3, 0.4) is 0 Å². The number of hydrogen-bond donors (Lipinski definition) is 3. The molecule has 39 heavy (non-hydrogen) atoms. The molecule has 0 aromatic heterocycles. The van der Waals surface area contributed by atoms with Crippen molar-refractivity contribution in [3.05, 3.63) is 138 Å². The molecule has 5 aromatic rings. The lowest BCUT2D eigenvalue weighted by molar-refractivity contribution is 0.0706. The number of benzene rings is 5. The van der Waals surface area contributed by atoms with Gasteiger partial charge < -0.3 is 10.1 Å². The smallest absolute Gasteiger partial charge is 0.274 e. The molecule has 5 aromatic carbocycles. The molecule has 0 saturated carbocycles. The molecule has 0 heterocycles. The number of hydrogen-bond acceptors (Lipinski definition) is 4. The van der Waals surface area contributed by atoms with E-state index in [2.05, 4.69) is 66.0 Å². The molecule has 0 spiro atoms. The zero-order valence-corrected chi connectivity index (χ0v) is 21.5. The van der Waals surface area contributed by atoms with E-state index in [1.54, 1.807) is 17.6 Å². The maximum Gasteiger partial charge on any atom is 0.274 e. The van der Waals surface area contributed by atoms with Crippen molar-refractivity contribution in [3.8, 4) is 16.9 Å². The predicted octanol–water partition coefficient (Wildman–Crippen LogP) is 7.59. The van der Waals surface area contributed by atoms with Gasteiger partial charge in [0.1, 0.15) is 5.75 Å². The van der Waals surface area contributed by atoms with Gasteiger partial charge in [-0.3, -0.25) is 10.0 Å². The molecule has 3 N–H and O–H groups in total. The second kappa shape index (κ2) is 12.6. The fourth-order valence-corrected chi connectivity index (χ4v) is 4.48. The fourth-order valence-electron chi connectivity index (χ4n) is 4.48. The number of anilines is 1. The van der Waals surface area contributed by atoms with Crippen LogP contribution in [0.4, 0.5) is 5.69 Å². The Labute approximate surface area is 228 Å². The minimum Gasteiger partial charge on any atom is -0.493 e. The molecule has 0 aliphatic rings. The summed E-state index contributed by atoms with van der Waals surface area (Å²) in [6.45, 7) is 1.17. The summed E-state index contributed by atoms with van der Waals surface area (Å²) in [5, 5.41) is 14.7. The Hall–Kier alpha value is -4.87. The third kappa shape index (κ3) is 6.72. The van der Waals surface area contributed by atoms with Gasteiger partial charge in [0, 0.05) is 29.6 Å². The summed E-state index contributed by atoms with van der Waals surface area (Å²) >= 11 is 0. The average Bonchev–Trinajstić information content (AvgIpc) is 3.00. The van der Waals surface area contributed by atoms with Crippen LogP contribution in [-0.4, -0.2) is 24.3 Å². The van der Waals surface area contributed by atoms with Crippen LogP contribution in [0.5, 0.6) is 5.75 Å². The Balaban J connectivity index is 1.30. The highest BCUT2D eigenvalue weighted by Gasteiger charge is 2.06. The van der Waals surface area contributed by atoms with Crippen LogP contribution in [-0.2, 0) is 0 Å². The highest BCUT2D eigenvalue weighted by atomic mass is 16.5. The van der Waals surface area contributed by atoms with Crippen molar-refractivity contribution in [2.75, 3.05) is 18.5 Å². The van der Waals surface area contributed by atoms with Crippen LogP contribution in [0.15, 0.2) is 127 Å². The van der Waals surface area contributed by atoms with E-state index < -0.39 is 5.91 Å². The van der Waals surface area contributed by atoms with E-state index in [1.807, 2.05) is 54.6 Å². The summed E-state index contributed by atoms with van der Waals surface area (Å²) < 4.78 is 6.22. The second-order valence-corrected chi connectivity index (χ2v) is 9.24. The fraction of sp³-hybridized carbons (Fsp3) is 0.0882. The third-order valence-electron chi connectivity index (χ3n) is 6.59. The number of nitrogens with one attached hydrogen (secondary N) is 2. The minimum absolute atomic E-state index is 0.395. The summed E-state index contributed by atoms with van der Waals surface area (Å²) in [5.74, 6) is 0.339. The molecular weight excluding hydrogens is 484 g/mol. The van der Waals surface area contributed by atoms with Crippen molar-refractivity contribution >= 4 is 28.4 Å². The van der Waals surface area contributed by atoms with Gasteiger partial charge in [-0.25, -0.2) is 5.48 Å². The van der Waals surface area contributed by atoms with Gasteiger partial charge in [-0.05, 0) is 58.0 Å². The number of carbonyl (C=O) groups excluding carboxylic acids is 1. The van der Waals surface area contributed by atoms with Crippen molar-refractivity contribution in [1.82, 2.24) is 5.48 Å². The Morgan fingerprint density at radius 3 is 2.21 bits per heavy atom. The summed E-state index contributed by atoms with van der Waals surface area (Å²) in [4.78, 5) is 11.7. The lowest BCUT2D eigenvalue weighted by Gasteiger charge is -2.14. The van der Waals surface area contributed by atoms with Crippen LogP contribution in [0.25, 0.3) is 28.0 Å². The molecule has 0 aliphatic heterocycles. The zero-order chi connectivity index (χ0) is 26.9. The van der Waals surface area contributed by atoms with Gasteiger partial charge in [-0.15, -0.1) is 0 Å². The van der Waals surface area contributed by atoms with E-state index in [9.17, 15) is 4.79 Å². The van der Waals surface area contributed by atoms with E-state index in [-0.39, 0.29) is 0 Å². The number of amides is 1. The first kappa shape index (κ1) is 25.8. The number of ether oxygens (including phenoxy) is 1. The van der Waals surface area contributed by atoms with Gasteiger partial charge in [0.25, 0.3) is 5.91 Å². The molecule has 0 bridgehead atoms. The van der Waals surface area contributed by atoms with E-state index in [0.29, 0.717) is 18.7 Å².